The second-order valence-corrected chi connectivity index (χ2v) is 27.2. The fraction of sp³-hybridized carbons (Fsp3) is 0.250. The summed E-state index contributed by atoms with van der Waals surface area (Å²) in [5.74, 6) is 5.33. The van der Waals surface area contributed by atoms with Crippen LogP contribution in [0.15, 0.2) is 202 Å². The van der Waals surface area contributed by atoms with E-state index in [1.165, 1.54) is 12.8 Å². The Morgan fingerprint density at radius 1 is 0.444 bits per heavy atom. The molecule has 0 spiro atoms. The van der Waals surface area contributed by atoms with Crippen LogP contribution in [0.5, 0.6) is 17.2 Å². The van der Waals surface area contributed by atoms with E-state index in [-0.39, 0.29) is 12.2 Å². The Morgan fingerprint density at radius 2 is 0.843 bits per heavy atom. The number of hydrogen-bond acceptors (Lipinski definition) is 24. The summed E-state index contributed by atoms with van der Waals surface area (Å²) < 4.78 is 33.3. The van der Waals surface area contributed by atoms with Gasteiger partial charge in [0.1, 0.15) is 36.1 Å². The molecule has 3 aliphatic heterocycles. The predicted octanol–water partition coefficient (Wildman–Crippen LogP) is 11.3. The zero-order valence-corrected chi connectivity index (χ0v) is 60.9. The third-order valence-corrected chi connectivity index (χ3v) is 19.2. The van der Waals surface area contributed by atoms with Gasteiger partial charge in [-0.3, -0.25) is 36.3 Å². The standard InChI is InChI=1S/2C21H23N7O.C20H21N7O.C14H13N7S/c1-27-13-15(11-25-27)19-12-24-21-20(23-8-9-28(19)21)26-16-4-2-6-18(10-16)29-14-17-5-3-7-22-17;1-27-14-15(12-25-27)19-13-24-21-20(23-9-10-28(19)21)26-16-3-2-4-18(11-16)29-17-5-7-22-8-6-17;1-26-13-14(10-24-26)18-12-23-20-19(22-7-8-27(18)20)25-15-3-2-4-16(9-15)28-17-5-6-21-11-17;1-9-8-22-14(18-9)19-12-13-16-6-11(21(13)4-3-15-12)10-5-17-20(2)7-10/h2,4,6,8-13,17,22H,3,5,7,14H2,1H3,(H,23,26);2-4,9-14,17,22H,5-8H2,1H3,(H,23,26);2-4,7-10,12-13,17,21H,5-6,11H2,1H3,(H,22,25);3-8H,1-2H3,(H,15,18,19). The highest BCUT2D eigenvalue weighted by atomic mass is 32.1. The number of rotatable bonds is 19. The van der Waals surface area contributed by atoms with Crippen LogP contribution in [0.3, 0.4) is 0 Å². The lowest BCUT2D eigenvalue weighted by Crippen LogP contribution is -2.34. The highest BCUT2D eigenvalue weighted by molar-refractivity contribution is 7.13. The molecule has 31 nitrogen and oxygen atoms in total. The van der Waals surface area contributed by atoms with E-state index in [1.807, 2.05) is 230 Å². The van der Waals surface area contributed by atoms with Gasteiger partial charge in [0, 0.05) is 178 Å². The number of benzene rings is 3. The second-order valence-electron chi connectivity index (χ2n) is 26.3. The summed E-state index contributed by atoms with van der Waals surface area (Å²) in [7, 11) is 7.60. The molecule has 2 atom stereocenters. The molecule has 16 heterocycles. The summed E-state index contributed by atoms with van der Waals surface area (Å²) in [4.78, 5) is 40.4. The molecule has 7 N–H and O–H groups in total. The van der Waals surface area contributed by atoms with Crippen molar-refractivity contribution in [3.63, 3.8) is 0 Å². The van der Waals surface area contributed by atoms with Crippen molar-refractivity contribution in [3.8, 4) is 62.3 Å². The Kier molecular flexibility index (Phi) is 20.5. The number of aromatic nitrogens is 21. The van der Waals surface area contributed by atoms with E-state index in [2.05, 4.69) is 102 Å². The number of nitrogens with zero attached hydrogens (tertiary/aromatic N) is 21. The van der Waals surface area contributed by atoms with Crippen LogP contribution in [-0.4, -0.2) is 159 Å². The third-order valence-electron chi connectivity index (χ3n) is 18.4. The van der Waals surface area contributed by atoms with Crippen molar-refractivity contribution < 1.29 is 14.2 Å². The molecule has 0 saturated carbocycles. The number of hydrogen-bond donors (Lipinski definition) is 7. The highest BCUT2D eigenvalue weighted by Gasteiger charge is 2.21. The first-order chi connectivity index (χ1) is 53.0. The van der Waals surface area contributed by atoms with Crippen LogP contribution >= 0.6 is 11.3 Å². The average Bonchev–Trinajstić information content (AvgIpc) is 1.65. The quantitative estimate of drug-likeness (QED) is 0.0395. The molecule has 108 heavy (non-hydrogen) atoms. The van der Waals surface area contributed by atoms with Gasteiger partial charge in [0.05, 0.1) is 78.0 Å². The number of ether oxygens (including phenoxy) is 3. The minimum Gasteiger partial charge on any atom is -0.492 e. The van der Waals surface area contributed by atoms with E-state index in [9.17, 15) is 0 Å². The number of thiazole rings is 1. The van der Waals surface area contributed by atoms with Crippen LogP contribution in [0.25, 0.3) is 67.6 Å². The zero-order chi connectivity index (χ0) is 73.3. The van der Waals surface area contributed by atoms with Crippen LogP contribution in [0, 0.1) is 6.92 Å². The summed E-state index contributed by atoms with van der Waals surface area (Å²) in [5.41, 5.74) is 14.7. The van der Waals surface area contributed by atoms with Crippen molar-refractivity contribution in [1.29, 1.82) is 0 Å². The maximum atomic E-state index is 6.15. The van der Waals surface area contributed by atoms with Crippen molar-refractivity contribution in [1.82, 2.24) is 118 Å². The molecular formula is C76H80N28O3S. The van der Waals surface area contributed by atoms with Crippen LogP contribution in [0.2, 0.25) is 0 Å². The van der Waals surface area contributed by atoms with Crippen LogP contribution in [-0.2, 0) is 28.2 Å². The molecule has 548 valence electrons. The number of anilines is 8. The molecule has 3 saturated heterocycles. The molecule has 0 amide bonds. The van der Waals surface area contributed by atoms with Crippen LogP contribution in [0.1, 0.15) is 37.8 Å². The lowest BCUT2D eigenvalue weighted by Gasteiger charge is -2.24. The number of piperidine rings is 1. The first-order valence-electron chi connectivity index (χ1n) is 35.6. The normalized spacial score (nSPS) is 15.0. The average molecular weight is 1470 g/mol. The first-order valence-corrected chi connectivity index (χ1v) is 36.5. The molecule has 2 unspecified atom stereocenters. The summed E-state index contributed by atoms with van der Waals surface area (Å²) in [6.07, 6.45) is 43.2. The SMILES string of the molecule is Cc1csc(Nc2nccn3c(-c4cnn(C)c4)cnc23)n1.Cn1cc(-c2cnc3c(Nc4cccc(OC5CCNC5)c4)nccn23)cn1.Cn1cc(-c2cnc3c(Nc4cccc(OC5CCNCC5)c4)nccn23)cn1.Cn1cc(-c2cnc3c(Nc4cccc(OCC5CCCN5)c4)nccn23)cn1. The van der Waals surface area contributed by atoms with Crippen LogP contribution in [0.4, 0.5) is 45.5 Å². The zero-order valence-electron chi connectivity index (χ0n) is 60.1. The second kappa shape index (κ2) is 31.8. The van der Waals surface area contributed by atoms with E-state index in [0.717, 1.165) is 165 Å². The smallest absolute Gasteiger partial charge is 0.188 e. The van der Waals surface area contributed by atoms with Crippen molar-refractivity contribution in [2.24, 2.45) is 28.2 Å². The molecule has 16 aromatic rings. The van der Waals surface area contributed by atoms with Gasteiger partial charge >= 0.3 is 0 Å². The summed E-state index contributed by atoms with van der Waals surface area (Å²) >= 11 is 1.55. The van der Waals surface area contributed by atoms with Gasteiger partial charge in [-0.05, 0) is 102 Å². The third kappa shape index (κ3) is 16.2. The Morgan fingerprint density at radius 3 is 1.22 bits per heavy atom. The number of aryl methyl sites for hydroxylation is 5. The minimum atomic E-state index is 0.228. The lowest BCUT2D eigenvalue weighted by atomic mass is 10.1. The van der Waals surface area contributed by atoms with Gasteiger partial charge in [-0.1, -0.05) is 18.2 Å². The van der Waals surface area contributed by atoms with Gasteiger partial charge in [0.15, 0.2) is 51.0 Å². The maximum Gasteiger partial charge on any atom is 0.188 e. The molecule has 3 aromatic carbocycles. The highest BCUT2D eigenvalue weighted by Crippen LogP contribution is 2.33. The van der Waals surface area contributed by atoms with Crippen LogP contribution < -0.4 is 51.4 Å². The maximum absolute atomic E-state index is 6.15. The summed E-state index contributed by atoms with van der Waals surface area (Å²) in [6.45, 7) is 7.65. The molecule has 32 heteroatoms. The Bertz CT molecular complexity index is 5700. The predicted molar refractivity (Wildman–Crippen MR) is 415 cm³/mol. The lowest BCUT2D eigenvalue weighted by molar-refractivity contribution is 0.162. The van der Waals surface area contributed by atoms with E-state index in [4.69, 9.17) is 14.2 Å². The number of imidazole rings is 4. The largest absolute Gasteiger partial charge is 0.492 e. The molecule has 0 aliphatic carbocycles. The fourth-order valence-electron chi connectivity index (χ4n) is 13.1. The topological polar surface area (TPSA) is 317 Å². The summed E-state index contributed by atoms with van der Waals surface area (Å²) in [6, 6.07) is 24.3. The van der Waals surface area contributed by atoms with Gasteiger partial charge in [-0.25, -0.2) is 44.9 Å². The monoisotopic (exact) mass is 1460 g/mol. The molecule has 0 radical (unpaired) electrons. The van der Waals surface area contributed by atoms with Gasteiger partial charge in [-0.15, -0.1) is 11.3 Å². The first kappa shape index (κ1) is 69.5. The van der Waals surface area contributed by atoms with Gasteiger partial charge < -0.3 is 51.4 Å². The molecule has 0 bridgehead atoms. The Labute approximate surface area is 624 Å². The number of fused-ring (bicyclic) bond motifs is 4. The van der Waals surface area contributed by atoms with E-state index < -0.39 is 0 Å². The van der Waals surface area contributed by atoms with E-state index in [1.54, 1.807) is 54.9 Å². The van der Waals surface area contributed by atoms with Crippen molar-refractivity contribution in [3.05, 3.63) is 208 Å². The molecule has 19 rings (SSSR count). The molecule has 13 aromatic heterocycles. The van der Waals surface area contributed by atoms with E-state index >= 15 is 0 Å². The van der Waals surface area contributed by atoms with Gasteiger partial charge in [0.2, 0.25) is 0 Å². The molecule has 3 fully saturated rings. The summed E-state index contributed by atoms with van der Waals surface area (Å²) in [5, 5.41) is 43.3. The van der Waals surface area contributed by atoms with Crippen molar-refractivity contribution >= 4 is 79.4 Å². The van der Waals surface area contributed by atoms with Crippen molar-refractivity contribution in [2.45, 2.75) is 57.3 Å². The number of nitrogens with one attached hydrogen (secondary N) is 7. The van der Waals surface area contributed by atoms with E-state index in [0.29, 0.717) is 35.9 Å². The van der Waals surface area contributed by atoms with Gasteiger partial charge in [-0.2, -0.15) is 20.4 Å². The minimum absolute atomic E-state index is 0.228. The van der Waals surface area contributed by atoms with Gasteiger partial charge in [0.25, 0.3) is 0 Å². The Balaban J connectivity index is 0.000000110. The molecular weight excluding hydrogens is 1390 g/mol. The Hall–Kier alpha value is -12.9. The van der Waals surface area contributed by atoms with Crippen molar-refractivity contribution in [2.75, 3.05) is 60.6 Å². The fourth-order valence-corrected chi connectivity index (χ4v) is 13.8. The molecule has 3 aliphatic rings.